The largest absolute Gasteiger partial charge is 0.367 e. The van der Waals surface area contributed by atoms with Gasteiger partial charge in [-0.3, -0.25) is 4.79 Å². The third-order valence-corrected chi connectivity index (χ3v) is 6.21. The number of anilines is 2. The van der Waals surface area contributed by atoms with Crippen molar-refractivity contribution in [3.63, 3.8) is 0 Å². The molecule has 0 radical (unpaired) electrons. The molecule has 1 aromatic rings. The minimum atomic E-state index is 0.177. The summed E-state index contributed by atoms with van der Waals surface area (Å²) >= 11 is 0. The van der Waals surface area contributed by atoms with Crippen molar-refractivity contribution in [1.82, 2.24) is 20.2 Å². The molecule has 142 valence electrons. The molecule has 0 bridgehead atoms. The monoisotopic (exact) mass is 358 g/mol. The van der Waals surface area contributed by atoms with Crippen LogP contribution >= 0.6 is 0 Å². The quantitative estimate of drug-likeness (QED) is 0.855. The zero-order valence-electron chi connectivity index (χ0n) is 15.9. The van der Waals surface area contributed by atoms with Gasteiger partial charge in [0, 0.05) is 25.7 Å². The van der Waals surface area contributed by atoms with Crippen molar-refractivity contribution in [2.24, 2.45) is 5.92 Å². The molecular weight excluding hydrogens is 328 g/mol. The highest BCUT2D eigenvalue weighted by Crippen LogP contribution is 2.32. The van der Waals surface area contributed by atoms with Crippen LogP contribution in [0.4, 0.5) is 11.6 Å². The summed E-state index contributed by atoms with van der Waals surface area (Å²) in [5, 5.41) is 7.08. The van der Waals surface area contributed by atoms with E-state index < -0.39 is 0 Å². The molecule has 3 unspecified atom stereocenters. The van der Waals surface area contributed by atoms with Crippen LogP contribution < -0.4 is 15.5 Å². The van der Waals surface area contributed by atoms with Crippen molar-refractivity contribution in [2.45, 2.75) is 57.7 Å². The maximum atomic E-state index is 12.8. The molecule has 1 amide bonds. The highest BCUT2D eigenvalue weighted by molar-refractivity contribution is 5.84. The van der Waals surface area contributed by atoms with Crippen LogP contribution in [-0.2, 0) is 11.3 Å². The Hall–Kier alpha value is -1.89. The van der Waals surface area contributed by atoms with Gasteiger partial charge in [0.15, 0.2) is 0 Å². The van der Waals surface area contributed by atoms with Gasteiger partial charge in [0.05, 0.1) is 18.7 Å². The Morgan fingerprint density at radius 1 is 1.19 bits per heavy atom. The van der Waals surface area contributed by atoms with Gasteiger partial charge >= 0.3 is 0 Å². The predicted molar refractivity (Wildman–Crippen MR) is 102 cm³/mol. The van der Waals surface area contributed by atoms with E-state index in [1.54, 1.807) is 6.33 Å². The number of likely N-dealkylation sites (N-methyl/N-ethyl adjacent to an activating group) is 1. The molecule has 1 saturated carbocycles. The van der Waals surface area contributed by atoms with E-state index >= 15 is 0 Å². The molecule has 3 aliphatic rings. The Kier molecular flexibility index (Phi) is 4.98. The maximum absolute atomic E-state index is 12.8. The van der Waals surface area contributed by atoms with Gasteiger partial charge in [-0.15, -0.1) is 0 Å². The number of carbonyl (C=O) groups is 1. The molecule has 4 rings (SSSR count). The summed E-state index contributed by atoms with van der Waals surface area (Å²) in [5.41, 5.74) is 1.06. The SMILES string of the molecule is CC1CCCCC1Nc1ncnc2c1CN(C1CCNC1)C(=O)CN2C. The second-order valence-corrected chi connectivity index (χ2v) is 8.06. The molecule has 0 spiro atoms. The molecule has 26 heavy (non-hydrogen) atoms. The normalized spacial score (nSPS) is 29.5. The molecule has 2 N–H and O–H groups in total. The van der Waals surface area contributed by atoms with Gasteiger partial charge in [-0.05, 0) is 31.7 Å². The molecule has 3 heterocycles. The Morgan fingerprint density at radius 2 is 2.04 bits per heavy atom. The molecule has 1 aromatic heterocycles. The fourth-order valence-electron chi connectivity index (χ4n) is 4.57. The number of rotatable bonds is 3. The highest BCUT2D eigenvalue weighted by atomic mass is 16.2. The number of hydrogen-bond acceptors (Lipinski definition) is 6. The van der Waals surface area contributed by atoms with Crippen LogP contribution in [-0.4, -0.2) is 59.5 Å². The number of aromatic nitrogens is 2. The van der Waals surface area contributed by atoms with Crippen molar-refractivity contribution in [1.29, 1.82) is 0 Å². The van der Waals surface area contributed by atoms with E-state index in [1.807, 2.05) is 16.8 Å². The Balaban J connectivity index is 1.64. The average Bonchev–Trinajstić information content (AvgIpc) is 3.12. The Labute approximate surface area is 155 Å². The average molecular weight is 358 g/mol. The Bertz CT molecular complexity index is 659. The number of hydrogen-bond donors (Lipinski definition) is 2. The highest BCUT2D eigenvalue weighted by Gasteiger charge is 2.33. The van der Waals surface area contributed by atoms with E-state index in [9.17, 15) is 4.79 Å². The summed E-state index contributed by atoms with van der Waals surface area (Å²) in [6, 6.07) is 0.720. The second-order valence-electron chi connectivity index (χ2n) is 8.06. The van der Waals surface area contributed by atoms with E-state index in [0.29, 0.717) is 25.0 Å². The summed E-state index contributed by atoms with van der Waals surface area (Å²) in [6.45, 7) is 5.14. The minimum Gasteiger partial charge on any atom is -0.367 e. The van der Waals surface area contributed by atoms with E-state index in [-0.39, 0.29) is 11.9 Å². The Morgan fingerprint density at radius 3 is 2.81 bits per heavy atom. The van der Waals surface area contributed by atoms with Gasteiger partial charge in [0.1, 0.15) is 18.0 Å². The smallest absolute Gasteiger partial charge is 0.242 e. The maximum Gasteiger partial charge on any atom is 0.242 e. The third kappa shape index (κ3) is 3.37. The van der Waals surface area contributed by atoms with E-state index in [4.69, 9.17) is 0 Å². The van der Waals surface area contributed by atoms with Crippen molar-refractivity contribution in [3.05, 3.63) is 11.9 Å². The lowest BCUT2D eigenvalue weighted by molar-refractivity contribution is -0.132. The van der Waals surface area contributed by atoms with E-state index in [2.05, 4.69) is 27.5 Å². The lowest BCUT2D eigenvalue weighted by Crippen LogP contribution is -2.43. The van der Waals surface area contributed by atoms with Crippen LogP contribution in [0.3, 0.4) is 0 Å². The van der Waals surface area contributed by atoms with Crippen LogP contribution in [0.2, 0.25) is 0 Å². The fourth-order valence-corrected chi connectivity index (χ4v) is 4.57. The van der Waals surface area contributed by atoms with Gasteiger partial charge in [-0.2, -0.15) is 0 Å². The van der Waals surface area contributed by atoms with Gasteiger partial charge in [-0.25, -0.2) is 9.97 Å². The van der Waals surface area contributed by atoms with Crippen LogP contribution in [0.1, 0.15) is 44.6 Å². The fraction of sp³-hybridized carbons (Fsp3) is 0.737. The summed E-state index contributed by atoms with van der Waals surface area (Å²) in [4.78, 5) is 25.9. The molecule has 2 aliphatic heterocycles. The first-order valence-electron chi connectivity index (χ1n) is 9.95. The summed E-state index contributed by atoms with van der Waals surface area (Å²) in [6.07, 6.45) is 7.69. The lowest BCUT2D eigenvalue weighted by Gasteiger charge is -2.31. The van der Waals surface area contributed by atoms with Crippen LogP contribution in [0.15, 0.2) is 6.33 Å². The number of nitrogens with zero attached hydrogens (tertiary/aromatic N) is 4. The first kappa shape index (κ1) is 17.5. The van der Waals surface area contributed by atoms with Crippen LogP contribution in [0.5, 0.6) is 0 Å². The van der Waals surface area contributed by atoms with Crippen molar-refractivity contribution < 1.29 is 4.79 Å². The molecule has 1 aliphatic carbocycles. The van der Waals surface area contributed by atoms with E-state index in [1.165, 1.54) is 25.7 Å². The standard InChI is InChI=1S/C19H30N6O/c1-13-5-3-4-6-16(13)23-18-15-10-25(14-7-8-20-9-14)17(26)11-24(2)19(15)22-12-21-18/h12-14,16,20H,3-11H2,1-2H3,(H,21,22,23). The zero-order valence-corrected chi connectivity index (χ0v) is 15.9. The number of carbonyl (C=O) groups excluding carboxylic acids is 1. The summed E-state index contributed by atoms with van der Waals surface area (Å²) < 4.78 is 0. The summed E-state index contributed by atoms with van der Waals surface area (Å²) in [7, 11) is 1.95. The van der Waals surface area contributed by atoms with Gasteiger partial charge in [0.2, 0.25) is 5.91 Å². The molecule has 0 aromatic carbocycles. The lowest BCUT2D eigenvalue weighted by atomic mass is 9.86. The number of amides is 1. The van der Waals surface area contributed by atoms with Gasteiger partial charge < -0.3 is 20.4 Å². The minimum absolute atomic E-state index is 0.177. The number of nitrogens with one attached hydrogen (secondary N) is 2. The molecule has 3 atom stereocenters. The zero-order chi connectivity index (χ0) is 18.1. The van der Waals surface area contributed by atoms with Gasteiger partial charge in [0.25, 0.3) is 0 Å². The molecular formula is C19H30N6O. The van der Waals surface area contributed by atoms with Gasteiger partial charge in [-0.1, -0.05) is 19.8 Å². The first-order chi connectivity index (χ1) is 12.6. The van der Waals surface area contributed by atoms with Crippen LogP contribution in [0, 0.1) is 5.92 Å². The predicted octanol–water partition coefficient (Wildman–Crippen LogP) is 1.61. The van der Waals surface area contributed by atoms with Crippen molar-refractivity contribution in [2.75, 3.05) is 36.9 Å². The molecule has 2 fully saturated rings. The summed E-state index contributed by atoms with van der Waals surface area (Å²) in [5.74, 6) is 2.62. The second kappa shape index (κ2) is 7.39. The van der Waals surface area contributed by atoms with Crippen LogP contribution in [0.25, 0.3) is 0 Å². The number of fused-ring (bicyclic) bond motifs is 1. The molecule has 7 nitrogen and oxygen atoms in total. The molecule has 7 heteroatoms. The molecule has 1 saturated heterocycles. The van der Waals surface area contributed by atoms with E-state index in [0.717, 1.165) is 36.7 Å². The topological polar surface area (TPSA) is 73.4 Å². The van der Waals surface area contributed by atoms with Crippen molar-refractivity contribution >= 4 is 17.5 Å². The first-order valence-corrected chi connectivity index (χ1v) is 9.95. The van der Waals surface area contributed by atoms with Crippen molar-refractivity contribution in [3.8, 4) is 0 Å². The third-order valence-electron chi connectivity index (χ3n) is 6.21.